The first-order valence-corrected chi connectivity index (χ1v) is 11.8. The number of carbonyl (C=O) groups excluding carboxylic acids is 3. The van der Waals surface area contributed by atoms with Crippen molar-refractivity contribution >= 4 is 46.5 Å². The fraction of sp³-hybridized carbons (Fsp3) is 0.455. The Balaban J connectivity index is 1.36. The summed E-state index contributed by atoms with van der Waals surface area (Å²) in [4.78, 5) is 47.3. The highest BCUT2D eigenvalue weighted by Gasteiger charge is 2.38. The number of rotatable bonds is 5. The summed E-state index contributed by atoms with van der Waals surface area (Å²) in [6.45, 7) is 1.59. The number of hydrogen-bond acceptors (Lipinski definition) is 5. The van der Waals surface area contributed by atoms with Gasteiger partial charge in [-0.3, -0.25) is 14.4 Å². The van der Waals surface area contributed by atoms with E-state index in [1.165, 1.54) is 6.20 Å². The molecule has 0 aliphatic carbocycles. The molecule has 2 fully saturated rings. The standard InChI is InChI=1S/C22H25ClN4O3S/c23-16-7-8-19(24-13-16)25-21(29)15-4-1-9-26(14-15)22(30)18-6-2-10-27(18)20(28)12-17-5-3-11-31-17/h3,5,7-8,11,13,15,18H,1-2,4,6,9-10,12,14H2,(H,24,25,29). The molecule has 31 heavy (non-hydrogen) atoms. The molecule has 2 saturated heterocycles. The van der Waals surface area contributed by atoms with Crippen molar-refractivity contribution in [1.82, 2.24) is 14.8 Å². The lowest BCUT2D eigenvalue weighted by Crippen LogP contribution is -2.52. The summed E-state index contributed by atoms with van der Waals surface area (Å²) in [7, 11) is 0. The molecule has 2 aliphatic heterocycles. The van der Waals surface area contributed by atoms with E-state index < -0.39 is 6.04 Å². The Kier molecular flexibility index (Phi) is 6.87. The minimum Gasteiger partial charge on any atom is -0.340 e. The van der Waals surface area contributed by atoms with Crippen molar-refractivity contribution in [2.75, 3.05) is 25.0 Å². The van der Waals surface area contributed by atoms with Gasteiger partial charge in [-0.05, 0) is 49.3 Å². The Morgan fingerprint density at radius 3 is 2.74 bits per heavy atom. The summed E-state index contributed by atoms with van der Waals surface area (Å²) < 4.78 is 0. The molecule has 0 radical (unpaired) electrons. The topological polar surface area (TPSA) is 82.6 Å². The number of anilines is 1. The maximum Gasteiger partial charge on any atom is 0.245 e. The van der Waals surface area contributed by atoms with Crippen molar-refractivity contribution in [2.24, 2.45) is 5.92 Å². The molecule has 2 aromatic heterocycles. The van der Waals surface area contributed by atoms with Crippen LogP contribution in [0.4, 0.5) is 5.82 Å². The molecule has 2 aliphatic rings. The van der Waals surface area contributed by atoms with Gasteiger partial charge >= 0.3 is 0 Å². The first kappa shape index (κ1) is 21.8. The van der Waals surface area contributed by atoms with Crippen molar-refractivity contribution in [2.45, 2.75) is 38.1 Å². The molecule has 2 atom stereocenters. The summed E-state index contributed by atoms with van der Waals surface area (Å²) in [5.41, 5.74) is 0. The molecule has 4 heterocycles. The summed E-state index contributed by atoms with van der Waals surface area (Å²) in [5.74, 6) is -0.0484. The van der Waals surface area contributed by atoms with Gasteiger partial charge in [0.25, 0.3) is 0 Å². The Hall–Kier alpha value is -2.45. The molecular weight excluding hydrogens is 436 g/mol. The molecular formula is C22H25ClN4O3S. The highest BCUT2D eigenvalue weighted by Crippen LogP contribution is 2.25. The van der Waals surface area contributed by atoms with Gasteiger partial charge in [0.05, 0.1) is 17.4 Å². The van der Waals surface area contributed by atoms with Gasteiger partial charge in [-0.25, -0.2) is 4.98 Å². The zero-order valence-electron chi connectivity index (χ0n) is 17.1. The van der Waals surface area contributed by atoms with E-state index in [0.29, 0.717) is 43.3 Å². The van der Waals surface area contributed by atoms with Crippen LogP contribution < -0.4 is 5.32 Å². The summed E-state index contributed by atoms with van der Waals surface area (Å²) in [6, 6.07) is 6.77. The zero-order valence-corrected chi connectivity index (χ0v) is 18.7. The third-order valence-electron chi connectivity index (χ3n) is 5.85. The molecule has 7 nitrogen and oxygen atoms in total. The van der Waals surface area contributed by atoms with Crippen LogP contribution >= 0.6 is 22.9 Å². The van der Waals surface area contributed by atoms with Crippen LogP contribution in [0, 0.1) is 5.92 Å². The summed E-state index contributed by atoms with van der Waals surface area (Å²) >= 11 is 7.39. The van der Waals surface area contributed by atoms with Gasteiger partial charge in [-0.1, -0.05) is 17.7 Å². The molecule has 4 rings (SSSR count). The summed E-state index contributed by atoms with van der Waals surface area (Å²) in [5, 5.41) is 5.26. The van der Waals surface area contributed by atoms with E-state index in [4.69, 9.17) is 11.6 Å². The van der Waals surface area contributed by atoms with Crippen LogP contribution in [-0.4, -0.2) is 58.2 Å². The Morgan fingerprint density at radius 2 is 2.00 bits per heavy atom. The number of thiophene rings is 1. The molecule has 3 amide bonds. The number of aromatic nitrogens is 1. The van der Waals surface area contributed by atoms with Gasteiger partial charge in [0, 0.05) is 30.7 Å². The molecule has 9 heteroatoms. The second-order valence-corrected chi connectivity index (χ2v) is 9.44. The van der Waals surface area contributed by atoms with Gasteiger partial charge in [0.2, 0.25) is 17.7 Å². The minimum atomic E-state index is -0.424. The molecule has 0 bridgehead atoms. The second kappa shape index (κ2) is 9.78. The van der Waals surface area contributed by atoms with Crippen LogP contribution in [-0.2, 0) is 20.8 Å². The van der Waals surface area contributed by atoms with Crippen LogP contribution in [0.2, 0.25) is 5.02 Å². The number of amides is 3. The zero-order chi connectivity index (χ0) is 21.8. The van der Waals surface area contributed by atoms with Gasteiger partial charge in [-0.2, -0.15) is 0 Å². The average Bonchev–Trinajstić information content (AvgIpc) is 3.47. The third kappa shape index (κ3) is 5.25. The van der Waals surface area contributed by atoms with Crippen molar-refractivity contribution in [3.05, 3.63) is 45.7 Å². The first-order valence-electron chi connectivity index (χ1n) is 10.5. The largest absolute Gasteiger partial charge is 0.340 e. The monoisotopic (exact) mass is 460 g/mol. The maximum absolute atomic E-state index is 13.3. The Morgan fingerprint density at radius 1 is 1.16 bits per heavy atom. The second-order valence-electron chi connectivity index (χ2n) is 7.98. The first-order chi connectivity index (χ1) is 15.0. The number of pyridine rings is 1. The molecule has 164 valence electrons. The lowest BCUT2D eigenvalue weighted by atomic mass is 9.96. The van der Waals surface area contributed by atoms with Gasteiger partial charge in [0.15, 0.2) is 0 Å². The number of piperidine rings is 1. The smallest absolute Gasteiger partial charge is 0.245 e. The Labute approximate surface area is 190 Å². The molecule has 0 saturated carbocycles. The van der Waals surface area contributed by atoms with E-state index in [-0.39, 0.29) is 23.6 Å². The van der Waals surface area contributed by atoms with Crippen LogP contribution in [0.3, 0.4) is 0 Å². The number of carbonyl (C=O) groups is 3. The number of likely N-dealkylation sites (tertiary alicyclic amines) is 2. The van der Waals surface area contributed by atoms with Crippen molar-refractivity contribution in [3.8, 4) is 0 Å². The van der Waals surface area contributed by atoms with E-state index in [1.807, 2.05) is 17.5 Å². The number of hydrogen-bond donors (Lipinski definition) is 1. The molecule has 0 aromatic carbocycles. The van der Waals surface area contributed by atoms with Crippen LogP contribution in [0.15, 0.2) is 35.8 Å². The highest BCUT2D eigenvalue weighted by atomic mass is 35.5. The summed E-state index contributed by atoms with van der Waals surface area (Å²) in [6.07, 6.45) is 4.79. The van der Waals surface area contributed by atoms with Crippen molar-refractivity contribution in [1.29, 1.82) is 0 Å². The van der Waals surface area contributed by atoms with E-state index in [0.717, 1.165) is 24.1 Å². The molecule has 2 aromatic rings. The predicted molar refractivity (Wildman–Crippen MR) is 120 cm³/mol. The van der Waals surface area contributed by atoms with Gasteiger partial charge < -0.3 is 15.1 Å². The highest BCUT2D eigenvalue weighted by molar-refractivity contribution is 7.10. The molecule has 0 spiro atoms. The lowest BCUT2D eigenvalue weighted by Gasteiger charge is -2.35. The molecule has 2 unspecified atom stereocenters. The van der Waals surface area contributed by atoms with E-state index >= 15 is 0 Å². The normalized spacial score (nSPS) is 21.2. The van der Waals surface area contributed by atoms with Crippen molar-refractivity contribution < 1.29 is 14.4 Å². The predicted octanol–water partition coefficient (Wildman–Crippen LogP) is 3.21. The van der Waals surface area contributed by atoms with Crippen LogP contribution in [0.1, 0.15) is 30.6 Å². The van der Waals surface area contributed by atoms with Crippen LogP contribution in [0.5, 0.6) is 0 Å². The van der Waals surface area contributed by atoms with Crippen molar-refractivity contribution in [3.63, 3.8) is 0 Å². The fourth-order valence-corrected chi connectivity index (χ4v) is 5.07. The maximum atomic E-state index is 13.3. The fourth-order valence-electron chi connectivity index (χ4n) is 4.27. The van der Waals surface area contributed by atoms with E-state index in [9.17, 15) is 14.4 Å². The minimum absolute atomic E-state index is 0.00147. The number of halogens is 1. The average molecular weight is 461 g/mol. The lowest BCUT2D eigenvalue weighted by molar-refractivity contribution is -0.145. The van der Waals surface area contributed by atoms with Crippen LogP contribution in [0.25, 0.3) is 0 Å². The number of nitrogens with one attached hydrogen (secondary N) is 1. The Bertz CT molecular complexity index is 935. The number of nitrogens with zero attached hydrogens (tertiary/aromatic N) is 3. The molecule has 1 N–H and O–H groups in total. The van der Waals surface area contributed by atoms with Gasteiger partial charge in [-0.15, -0.1) is 11.3 Å². The third-order valence-corrected chi connectivity index (χ3v) is 6.95. The van der Waals surface area contributed by atoms with E-state index in [1.54, 1.807) is 33.3 Å². The quantitative estimate of drug-likeness (QED) is 0.742. The van der Waals surface area contributed by atoms with Gasteiger partial charge in [0.1, 0.15) is 11.9 Å². The SMILES string of the molecule is O=C(Nc1ccc(Cl)cn1)C1CCCN(C(=O)C2CCCN2C(=O)Cc2cccs2)C1. The van der Waals surface area contributed by atoms with E-state index in [2.05, 4.69) is 10.3 Å².